The third kappa shape index (κ3) is 3.07. The Kier molecular flexibility index (Phi) is 4.74. The van der Waals surface area contributed by atoms with Crippen LogP contribution >= 0.6 is 0 Å². The fourth-order valence-corrected chi connectivity index (χ4v) is 0.976. The zero-order valence-corrected chi connectivity index (χ0v) is 9.86. The van der Waals surface area contributed by atoms with E-state index in [0.717, 1.165) is 0 Å². The van der Waals surface area contributed by atoms with E-state index < -0.39 is 5.97 Å². The molecule has 17 heavy (non-hydrogen) atoms. The third-order valence-electron chi connectivity index (χ3n) is 1.69. The highest BCUT2D eigenvalue weighted by Gasteiger charge is 2.07. The number of esters is 1. The summed E-state index contributed by atoms with van der Waals surface area (Å²) in [6.07, 6.45) is 5.61. The van der Waals surface area contributed by atoms with Gasteiger partial charge < -0.3 is 4.74 Å². The van der Waals surface area contributed by atoms with Crippen LogP contribution in [0.4, 0.5) is 0 Å². The summed E-state index contributed by atoms with van der Waals surface area (Å²) in [5.74, 6) is -0.0345. The maximum Gasteiger partial charge on any atom is 0.358 e. The van der Waals surface area contributed by atoms with Crippen LogP contribution in [-0.4, -0.2) is 37.8 Å². The van der Waals surface area contributed by atoms with Crippen molar-refractivity contribution in [3.63, 3.8) is 0 Å². The van der Waals surface area contributed by atoms with Crippen LogP contribution < -0.4 is 0 Å². The van der Waals surface area contributed by atoms with E-state index in [1.54, 1.807) is 0 Å². The topological polar surface area (TPSA) is 82.8 Å². The van der Waals surface area contributed by atoms with E-state index >= 15 is 0 Å². The molecule has 0 N–H and O–H groups in total. The molecule has 0 aliphatic heterocycles. The summed E-state index contributed by atoms with van der Waals surface area (Å²) < 4.78 is 5.93. The standard InChI is InChI=1S/C8H7N5O2.C2H6/c1-15-8(14)6-2-11-7(3-10-6)13-5-9-4-12-13;1-2/h2-5H,1H3;1-2H3. The number of rotatable bonds is 2. The van der Waals surface area contributed by atoms with Gasteiger partial charge in [-0.2, -0.15) is 5.10 Å². The van der Waals surface area contributed by atoms with Gasteiger partial charge in [0.1, 0.15) is 12.7 Å². The zero-order chi connectivity index (χ0) is 12.7. The molecule has 2 aromatic heterocycles. The summed E-state index contributed by atoms with van der Waals surface area (Å²) in [4.78, 5) is 22.7. The molecule has 0 amide bonds. The number of hydrogen-bond acceptors (Lipinski definition) is 6. The first-order chi connectivity index (χ1) is 8.31. The van der Waals surface area contributed by atoms with Crippen molar-refractivity contribution in [2.75, 3.05) is 7.11 Å². The van der Waals surface area contributed by atoms with Crippen LogP contribution in [0, 0.1) is 0 Å². The van der Waals surface area contributed by atoms with Crippen molar-refractivity contribution in [2.24, 2.45) is 0 Å². The molecule has 0 unspecified atom stereocenters. The van der Waals surface area contributed by atoms with Crippen molar-refractivity contribution in [1.82, 2.24) is 24.7 Å². The van der Waals surface area contributed by atoms with Crippen molar-refractivity contribution in [2.45, 2.75) is 13.8 Å². The molecule has 0 saturated carbocycles. The van der Waals surface area contributed by atoms with Crippen molar-refractivity contribution >= 4 is 5.97 Å². The monoisotopic (exact) mass is 235 g/mol. The predicted molar refractivity (Wildman–Crippen MR) is 59.6 cm³/mol. The van der Waals surface area contributed by atoms with Crippen molar-refractivity contribution in [3.8, 4) is 5.82 Å². The van der Waals surface area contributed by atoms with Gasteiger partial charge in [0.05, 0.1) is 19.5 Å². The molecule has 0 aliphatic rings. The van der Waals surface area contributed by atoms with E-state index in [1.807, 2.05) is 13.8 Å². The van der Waals surface area contributed by atoms with Crippen LogP contribution in [0.3, 0.4) is 0 Å². The molecular formula is C10H13N5O2. The normalized spacial score (nSPS) is 9.12. The fourth-order valence-electron chi connectivity index (χ4n) is 0.976. The second-order valence-electron chi connectivity index (χ2n) is 2.59. The molecule has 2 aromatic rings. The van der Waals surface area contributed by atoms with E-state index in [0.29, 0.717) is 5.82 Å². The molecule has 90 valence electrons. The molecule has 0 bridgehead atoms. The third-order valence-corrected chi connectivity index (χ3v) is 1.69. The van der Waals surface area contributed by atoms with Crippen LogP contribution in [0.2, 0.25) is 0 Å². The average molecular weight is 235 g/mol. The Morgan fingerprint density at radius 3 is 2.53 bits per heavy atom. The number of aromatic nitrogens is 5. The summed E-state index contributed by atoms with van der Waals surface area (Å²) in [5.41, 5.74) is 0.154. The Labute approximate surface area is 98.5 Å². The number of methoxy groups -OCH3 is 1. The SMILES string of the molecule is CC.COC(=O)c1cnc(-n2cncn2)cn1. The lowest BCUT2D eigenvalue weighted by atomic mass is 10.4. The van der Waals surface area contributed by atoms with Crippen LogP contribution in [0.25, 0.3) is 5.82 Å². The smallest absolute Gasteiger partial charge is 0.358 e. The average Bonchev–Trinajstić information content (AvgIpc) is 2.94. The second kappa shape index (κ2) is 6.31. The highest BCUT2D eigenvalue weighted by Crippen LogP contribution is 2.00. The van der Waals surface area contributed by atoms with Crippen LogP contribution in [0.1, 0.15) is 24.3 Å². The molecule has 7 heteroatoms. The maximum atomic E-state index is 11.1. The predicted octanol–water partition coefficient (Wildman–Crippen LogP) is 0.870. The Bertz CT molecular complexity index is 452. The zero-order valence-electron chi connectivity index (χ0n) is 9.86. The van der Waals surface area contributed by atoms with E-state index in [1.165, 1.54) is 36.8 Å². The van der Waals surface area contributed by atoms with Crippen LogP contribution in [0.15, 0.2) is 25.0 Å². The first-order valence-corrected chi connectivity index (χ1v) is 5.06. The van der Waals surface area contributed by atoms with Crippen molar-refractivity contribution in [1.29, 1.82) is 0 Å². The Hall–Kier alpha value is -2.31. The summed E-state index contributed by atoms with van der Waals surface area (Å²) in [5, 5.41) is 3.87. The van der Waals surface area contributed by atoms with E-state index in [9.17, 15) is 4.79 Å². The lowest BCUT2D eigenvalue weighted by molar-refractivity contribution is 0.0593. The molecule has 0 radical (unpaired) electrons. The maximum absolute atomic E-state index is 11.1. The van der Waals surface area contributed by atoms with Crippen LogP contribution in [0.5, 0.6) is 0 Å². The molecule has 2 heterocycles. The molecular weight excluding hydrogens is 222 g/mol. The van der Waals surface area contributed by atoms with Gasteiger partial charge in [0, 0.05) is 0 Å². The van der Waals surface area contributed by atoms with Gasteiger partial charge in [0.2, 0.25) is 0 Å². The van der Waals surface area contributed by atoms with E-state index in [4.69, 9.17) is 0 Å². The minimum atomic E-state index is -0.521. The van der Waals surface area contributed by atoms with Gasteiger partial charge in [-0.25, -0.2) is 24.4 Å². The molecule has 2 rings (SSSR count). The molecule has 0 spiro atoms. The van der Waals surface area contributed by atoms with Crippen molar-refractivity contribution < 1.29 is 9.53 Å². The van der Waals surface area contributed by atoms with E-state index in [2.05, 4.69) is 24.8 Å². The Morgan fingerprint density at radius 1 is 1.29 bits per heavy atom. The first kappa shape index (κ1) is 12.8. The van der Waals surface area contributed by atoms with Gasteiger partial charge in [-0.05, 0) is 0 Å². The minimum Gasteiger partial charge on any atom is -0.464 e. The molecule has 0 aliphatic carbocycles. The quantitative estimate of drug-likeness (QED) is 0.718. The summed E-state index contributed by atoms with van der Waals surface area (Å²) in [6, 6.07) is 0. The van der Waals surface area contributed by atoms with Gasteiger partial charge >= 0.3 is 5.97 Å². The van der Waals surface area contributed by atoms with Gasteiger partial charge in [-0.15, -0.1) is 0 Å². The molecule has 0 saturated heterocycles. The number of nitrogens with zero attached hydrogens (tertiary/aromatic N) is 5. The Balaban J connectivity index is 0.000000686. The number of hydrogen-bond donors (Lipinski definition) is 0. The fraction of sp³-hybridized carbons (Fsp3) is 0.300. The highest BCUT2D eigenvalue weighted by molar-refractivity contribution is 5.86. The number of ether oxygens (including phenoxy) is 1. The molecule has 0 aromatic carbocycles. The first-order valence-electron chi connectivity index (χ1n) is 5.06. The van der Waals surface area contributed by atoms with Gasteiger partial charge in [0.15, 0.2) is 11.5 Å². The number of carbonyl (C=O) groups is 1. The lowest BCUT2D eigenvalue weighted by Gasteiger charge is -1.99. The van der Waals surface area contributed by atoms with Crippen LogP contribution in [-0.2, 0) is 4.74 Å². The Morgan fingerprint density at radius 2 is 2.06 bits per heavy atom. The summed E-state index contributed by atoms with van der Waals surface area (Å²) >= 11 is 0. The lowest BCUT2D eigenvalue weighted by Crippen LogP contribution is -2.07. The van der Waals surface area contributed by atoms with E-state index in [-0.39, 0.29) is 5.69 Å². The summed E-state index contributed by atoms with van der Waals surface area (Å²) in [6.45, 7) is 4.00. The highest BCUT2D eigenvalue weighted by atomic mass is 16.5. The van der Waals surface area contributed by atoms with Gasteiger partial charge in [0.25, 0.3) is 0 Å². The minimum absolute atomic E-state index is 0.154. The van der Waals surface area contributed by atoms with Gasteiger partial charge in [-0.1, -0.05) is 13.8 Å². The summed E-state index contributed by atoms with van der Waals surface area (Å²) in [7, 11) is 1.29. The number of carbonyl (C=O) groups excluding carboxylic acids is 1. The molecule has 0 atom stereocenters. The van der Waals surface area contributed by atoms with Gasteiger partial charge in [-0.3, -0.25) is 0 Å². The largest absolute Gasteiger partial charge is 0.464 e. The van der Waals surface area contributed by atoms with Crippen molar-refractivity contribution in [3.05, 3.63) is 30.7 Å². The molecule has 0 fully saturated rings. The molecule has 7 nitrogen and oxygen atoms in total. The second-order valence-corrected chi connectivity index (χ2v) is 2.59.